The van der Waals surface area contributed by atoms with Gasteiger partial charge in [-0.2, -0.15) is 0 Å². The zero-order chi connectivity index (χ0) is 15.0. The lowest BCUT2D eigenvalue weighted by atomic mass is 10.2. The van der Waals surface area contributed by atoms with Crippen LogP contribution in [0.3, 0.4) is 0 Å². The maximum absolute atomic E-state index is 11.0. The standard InChI is InChI=1S/C13H18N2O4S/c1-3-5-14-10-7-11(15(17)18)9-12(8-10)20-6-4-13(16)19-2/h7-9,14H,3-6H2,1-2H3. The third-order valence-electron chi connectivity index (χ3n) is 2.48. The Kier molecular flexibility index (Phi) is 6.86. The molecular weight excluding hydrogens is 280 g/mol. The summed E-state index contributed by atoms with van der Waals surface area (Å²) in [6.07, 6.45) is 1.22. The molecule has 0 heterocycles. The SMILES string of the molecule is CCCNc1cc(SCCC(=O)OC)cc([N+](=O)[O-])c1. The van der Waals surface area contributed by atoms with E-state index in [0.717, 1.165) is 23.5 Å². The van der Waals surface area contributed by atoms with Crippen molar-refractivity contribution >= 4 is 29.1 Å². The van der Waals surface area contributed by atoms with Gasteiger partial charge in [0.2, 0.25) is 0 Å². The molecule has 0 fully saturated rings. The van der Waals surface area contributed by atoms with Crippen LogP contribution in [0.5, 0.6) is 0 Å². The largest absolute Gasteiger partial charge is 0.469 e. The Morgan fingerprint density at radius 3 is 2.80 bits per heavy atom. The molecule has 0 spiro atoms. The van der Waals surface area contributed by atoms with E-state index >= 15 is 0 Å². The Bertz CT molecular complexity index is 479. The Morgan fingerprint density at radius 2 is 2.20 bits per heavy atom. The first-order valence-corrected chi connectivity index (χ1v) is 7.28. The molecule has 0 aliphatic heterocycles. The molecule has 0 saturated heterocycles. The molecule has 0 unspecified atom stereocenters. The molecule has 0 aromatic heterocycles. The van der Waals surface area contributed by atoms with Crippen molar-refractivity contribution in [1.82, 2.24) is 0 Å². The number of nitrogens with zero attached hydrogens (tertiary/aromatic N) is 1. The van der Waals surface area contributed by atoms with E-state index in [9.17, 15) is 14.9 Å². The molecular formula is C13H18N2O4S. The molecule has 1 rings (SSSR count). The molecule has 6 nitrogen and oxygen atoms in total. The topological polar surface area (TPSA) is 81.5 Å². The summed E-state index contributed by atoms with van der Waals surface area (Å²) in [7, 11) is 1.34. The minimum Gasteiger partial charge on any atom is -0.469 e. The highest BCUT2D eigenvalue weighted by Crippen LogP contribution is 2.28. The number of hydrogen-bond acceptors (Lipinski definition) is 6. The number of hydrogen-bond donors (Lipinski definition) is 1. The average molecular weight is 298 g/mol. The predicted octanol–water partition coefficient (Wildman–Crippen LogP) is 3.07. The van der Waals surface area contributed by atoms with Crippen LogP contribution in [0, 0.1) is 10.1 Å². The van der Waals surface area contributed by atoms with Crippen LogP contribution >= 0.6 is 11.8 Å². The summed E-state index contributed by atoms with van der Waals surface area (Å²) in [4.78, 5) is 22.3. The number of non-ortho nitro benzene ring substituents is 1. The minimum absolute atomic E-state index is 0.0478. The van der Waals surface area contributed by atoms with Crippen molar-refractivity contribution in [2.75, 3.05) is 24.7 Å². The first-order chi connectivity index (χ1) is 9.56. The Labute approximate surface area is 122 Å². The van der Waals surface area contributed by atoms with Crippen LogP contribution in [0.4, 0.5) is 11.4 Å². The summed E-state index contributed by atoms with van der Waals surface area (Å²) in [6.45, 7) is 2.78. The lowest BCUT2D eigenvalue weighted by Crippen LogP contribution is -2.02. The normalized spacial score (nSPS) is 10.1. The Balaban J connectivity index is 2.75. The van der Waals surface area contributed by atoms with Crippen molar-refractivity contribution in [2.24, 2.45) is 0 Å². The number of carbonyl (C=O) groups is 1. The van der Waals surface area contributed by atoms with Crippen molar-refractivity contribution in [2.45, 2.75) is 24.7 Å². The fourth-order valence-corrected chi connectivity index (χ4v) is 2.42. The molecule has 0 aliphatic carbocycles. The first-order valence-electron chi connectivity index (χ1n) is 6.29. The third-order valence-corrected chi connectivity index (χ3v) is 3.46. The van der Waals surface area contributed by atoms with Crippen LogP contribution in [0.2, 0.25) is 0 Å². The number of nitro benzene ring substituents is 1. The molecule has 0 radical (unpaired) electrons. The maximum Gasteiger partial charge on any atom is 0.306 e. The molecule has 0 atom stereocenters. The van der Waals surface area contributed by atoms with Gasteiger partial charge in [-0.15, -0.1) is 11.8 Å². The highest BCUT2D eigenvalue weighted by molar-refractivity contribution is 7.99. The quantitative estimate of drug-likeness (QED) is 0.344. The van der Waals surface area contributed by atoms with Gasteiger partial charge in [0, 0.05) is 35.0 Å². The van der Waals surface area contributed by atoms with E-state index in [1.165, 1.54) is 31.0 Å². The molecule has 110 valence electrons. The molecule has 0 amide bonds. The summed E-state index contributed by atoms with van der Waals surface area (Å²) in [5, 5.41) is 14.0. The first kappa shape index (κ1) is 16.3. The van der Waals surface area contributed by atoms with Gasteiger partial charge >= 0.3 is 5.97 Å². The van der Waals surface area contributed by atoms with Gasteiger partial charge in [0.25, 0.3) is 5.69 Å². The van der Waals surface area contributed by atoms with Crippen LogP contribution in [-0.4, -0.2) is 30.3 Å². The van der Waals surface area contributed by atoms with Gasteiger partial charge < -0.3 is 10.1 Å². The Morgan fingerprint density at radius 1 is 1.45 bits per heavy atom. The second kappa shape index (κ2) is 8.42. The van der Waals surface area contributed by atoms with Crippen LogP contribution in [0.1, 0.15) is 19.8 Å². The number of rotatable bonds is 8. The van der Waals surface area contributed by atoms with Gasteiger partial charge in [0.15, 0.2) is 0 Å². The van der Waals surface area contributed by atoms with Gasteiger partial charge in [-0.25, -0.2) is 0 Å². The molecule has 1 aromatic carbocycles. The predicted molar refractivity (Wildman–Crippen MR) is 79.2 cm³/mol. The second-order valence-electron chi connectivity index (χ2n) is 4.07. The van der Waals surface area contributed by atoms with E-state index in [2.05, 4.69) is 10.1 Å². The number of nitrogens with one attached hydrogen (secondary N) is 1. The van der Waals surface area contributed by atoms with E-state index < -0.39 is 4.92 Å². The number of benzene rings is 1. The number of nitro groups is 1. The van der Waals surface area contributed by atoms with Crippen molar-refractivity contribution in [3.05, 3.63) is 28.3 Å². The van der Waals surface area contributed by atoms with Crippen LogP contribution in [0.15, 0.2) is 23.1 Å². The summed E-state index contributed by atoms with van der Waals surface area (Å²) in [5.74, 6) is 0.244. The maximum atomic E-state index is 11.0. The number of carbonyl (C=O) groups excluding carboxylic acids is 1. The highest BCUT2D eigenvalue weighted by Gasteiger charge is 2.10. The van der Waals surface area contributed by atoms with Gasteiger partial charge in [0.05, 0.1) is 18.5 Å². The van der Waals surface area contributed by atoms with Crippen molar-refractivity contribution < 1.29 is 14.5 Å². The zero-order valence-electron chi connectivity index (χ0n) is 11.5. The lowest BCUT2D eigenvalue weighted by molar-refractivity contribution is -0.385. The molecule has 0 bridgehead atoms. The third kappa shape index (κ3) is 5.48. The molecule has 0 aliphatic rings. The van der Waals surface area contributed by atoms with E-state index in [-0.39, 0.29) is 18.1 Å². The van der Waals surface area contributed by atoms with E-state index in [1.807, 2.05) is 13.0 Å². The monoisotopic (exact) mass is 298 g/mol. The molecule has 20 heavy (non-hydrogen) atoms. The summed E-state index contributed by atoms with van der Waals surface area (Å²) < 4.78 is 4.55. The number of esters is 1. The van der Waals surface area contributed by atoms with Gasteiger partial charge in [-0.1, -0.05) is 6.92 Å². The smallest absolute Gasteiger partial charge is 0.306 e. The number of thioether (sulfide) groups is 1. The number of anilines is 1. The van der Waals surface area contributed by atoms with E-state index in [0.29, 0.717) is 5.75 Å². The zero-order valence-corrected chi connectivity index (χ0v) is 12.4. The van der Waals surface area contributed by atoms with E-state index in [1.54, 1.807) is 0 Å². The second-order valence-corrected chi connectivity index (χ2v) is 5.24. The molecule has 0 saturated carbocycles. The fraction of sp³-hybridized carbons (Fsp3) is 0.462. The minimum atomic E-state index is -0.415. The van der Waals surface area contributed by atoms with Crippen LogP contribution in [-0.2, 0) is 9.53 Å². The Hall–Kier alpha value is -1.76. The molecule has 1 aromatic rings. The van der Waals surface area contributed by atoms with Gasteiger partial charge in [-0.05, 0) is 12.5 Å². The average Bonchev–Trinajstić information content (AvgIpc) is 2.44. The van der Waals surface area contributed by atoms with E-state index in [4.69, 9.17) is 0 Å². The summed E-state index contributed by atoms with van der Waals surface area (Å²) >= 11 is 1.40. The van der Waals surface area contributed by atoms with Crippen molar-refractivity contribution in [3.63, 3.8) is 0 Å². The number of methoxy groups -OCH3 is 1. The van der Waals surface area contributed by atoms with Crippen LogP contribution in [0.25, 0.3) is 0 Å². The molecule has 7 heteroatoms. The van der Waals surface area contributed by atoms with Gasteiger partial charge in [0.1, 0.15) is 0 Å². The van der Waals surface area contributed by atoms with Crippen molar-refractivity contribution in [1.29, 1.82) is 0 Å². The van der Waals surface area contributed by atoms with Crippen molar-refractivity contribution in [3.8, 4) is 0 Å². The molecule has 1 N–H and O–H groups in total. The van der Waals surface area contributed by atoms with Gasteiger partial charge in [-0.3, -0.25) is 14.9 Å². The summed E-state index contributed by atoms with van der Waals surface area (Å²) in [6, 6.07) is 4.88. The highest BCUT2D eigenvalue weighted by atomic mass is 32.2. The summed E-state index contributed by atoms with van der Waals surface area (Å²) in [5.41, 5.74) is 0.772. The fourth-order valence-electron chi connectivity index (χ4n) is 1.50. The number of ether oxygens (including phenoxy) is 1. The van der Waals surface area contributed by atoms with Crippen LogP contribution < -0.4 is 5.32 Å². The lowest BCUT2D eigenvalue weighted by Gasteiger charge is -2.07.